The quantitative estimate of drug-likeness (QED) is 0.805. The topological polar surface area (TPSA) is 44.1 Å². The van der Waals surface area contributed by atoms with Crippen molar-refractivity contribution < 1.29 is 4.79 Å². The van der Waals surface area contributed by atoms with Crippen molar-refractivity contribution in [1.82, 2.24) is 0 Å². The van der Waals surface area contributed by atoms with E-state index in [1.54, 1.807) is 18.2 Å². The summed E-state index contributed by atoms with van der Waals surface area (Å²) in [6.07, 6.45) is 0.735. The maximum absolute atomic E-state index is 10.8. The minimum atomic E-state index is 0.476. The van der Waals surface area contributed by atoms with Crippen molar-refractivity contribution in [1.29, 1.82) is 5.26 Å². The molecule has 4 heteroatoms. The number of benzene rings is 2. The van der Waals surface area contributed by atoms with Crippen molar-refractivity contribution in [2.24, 2.45) is 0 Å². The Morgan fingerprint density at radius 2 is 2.05 bits per heavy atom. The van der Waals surface area contributed by atoms with Crippen LogP contribution in [0.5, 0.6) is 0 Å². The molecule has 0 aliphatic carbocycles. The fourth-order valence-corrected chi connectivity index (χ4v) is 2.21. The molecule has 0 aliphatic rings. The predicted octanol–water partition coefficient (Wildman–Crippen LogP) is 3.66. The molecule has 0 radical (unpaired) electrons. The molecule has 0 fully saturated rings. The smallest absolute Gasteiger partial charge is 0.150 e. The average molecular weight is 285 g/mol. The molecule has 0 atom stereocenters. The molecule has 100 valence electrons. The molecule has 0 aromatic heterocycles. The zero-order chi connectivity index (χ0) is 14.5. The zero-order valence-electron chi connectivity index (χ0n) is 11.0. The van der Waals surface area contributed by atoms with Crippen LogP contribution in [0.4, 0.5) is 5.69 Å². The van der Waals surface area contributed by atoms with Crippen LogP contribution in [0.3, 0.4) is 0 Å². The molecule has 0 aliphatic heterocycles. The fourth-order valence-electron chi connectivity index (χ4n) is 2.02. The van der Waals surface area contributed by atoms with Gasteiger partial charge >= 0.3 is 0 Å². The maximum atomic E-state index is 10.8. The highest BCUT2D eigenvalue weighted by molar-refractivity contribution is 6.31. The van der Waals surface area contributed by atoms with Gasteiger partial charge in [0.2, 0.25) is 0 Å². The fraction of sp³-hybridized carbons (Fsp3) is 0.125. The molecule has 0 bridgehead atoms. The number of aldehydes is 1. The monoisotopic (exact) mass is 284 g/mol. The largest absolute Gasteiger partial charge is 0.369 e. The van der Waals surface area contributed by atoms with Crippen LogP contribution in [0.25, 0.3) is 0 Å². The second-order valence-corrected chi connectivity index (χ2v) is 4.86. The number of nitrogens with zero attached hydrogens (tertiary/aromatic N) is 2. The number of carbonyl (C=O) groups excluding carboxylic acids is 1. The first-order valence-electron chi connectivity index (χ1n) is 6.09. The molecule has 0 N–H and O–H groups in total. The molecule has 0 saturated carbocycles. The summed E-state index contributed by atoms with van der Waals surface area (Å²) in [5, 5.41) is 9.89. The van der Waals surface area contributed by atoms with Gasteiger partial charge in [0.05, 0.1) is 11.3 Å². The summed E-state index contributed by atoms with van der Waals surface area (Å²) in [7, 11) is 1.89. The number of hydrogen-bond donors (Lipinski definition) is 0. The molecule has 0 spiro atoms. The van der Waals surface area contributed by atoms with Crippen LogP contribution >= 0.6 is 11.6 Å². The van der Waals surface area contributed by atoms with Gasteiger partial charge in [-0.2, -0.15) is 5.26 Å². The van der Waals surface area contributed by atoms with Crippen LogP contribution in [0, 0.1) is 11.3 Å². The van der Waals surface area contributed by atoms with Crippen LogP contribution in [0.2, 0.25) is 5.02 Å². The van der Waals surface area contributed by atoms with Gasteiger partial charge in [-0.1, -0.05) is 29.8 Å². The van der Waals surface area contributed by atoms with Crippen molar-refractivity contribution >= 4 is 23.6 Å². The van der Waals surface area contributed by atoms with Gasteiger partial charge in [-0.15, -0.1) is 0 Å². The van der Waals surface area contributed by atoms with Gasteiger partial charge in [0.15, 0.2) is 0 Å². The average Bonchev–Trinajstić information content (AvgIpc) is 2.48. The minimum Gasteiger partial charge on any atom is -0.369 e. The van der Waals surface area contributed by atoms with E-state index in [0.717, 1.165) is 17.5 Å². The number of anilines is 1. The van der Waals surface area contributed by atoms with Gasteiger partial charge in [0, 0.05) is 24.2 Å². The molecule has 0 amide bonds. The highest BCUT2D eigenvalue weighted by Gasteiger charge is 2.10. The molecule has 2 rings (SSSR count). The number of rotatable bonds is 4. The third-order valence-corrected chi connectivity index (χ3v) is 3.42. The van der Waals surface area contributed by atoms with Crippen molar-refractivity contribution in [2.45, 2.75) is 6.54 Å². The molecule has 2 aromatic rings. The number of halogens is 1. The van der Waals surface area contributed by atoms with E-state index in [1.807, 2.05) is 36.2 Å². The first kappa shape index (κ1) is 14.1. The van der Waals surface area contributed by atoms with Crippen molar-refractivity contribution in [2.75, 3.05) is 11.9 Å². The lowest BCUT2D eigenvalue weighted by Gasteiger charge is -2.21. The summed E-state index contributed by atoms with van der Waals surface area (Å²) in [5.74, 6) is 0. The van der Waals surface area contributed by atoms with Gasteiger partial charge in [0.1, 0.15) is 12.4 Å². The van der Waals surface area contributed by atoms with E-state index < -0.39 is 0 Å². The second kappa shape index (κ2) is 6.23. The van der Waals surface area contributed by atoms with Crippen molar-refractivity contribution in [3.63, 3.8) is 0 Å². The molecular formula is C16H13ClN2O. The van der Waals surface area contributed by atoms with Gasteiger partial charge < -0.3 is 4.90 Å². The number of carbonyl (C=O) groups is 1. The number of hydrogen-bond acceptors (Lipinski definition) is 3. The first-order valence-corrected chi connectivity index (χ1v) is 6.47. The highest BCUT2D eigenvalue weighted by atomic mass is 35.5. The molecule has 2 aromatic carbocycles. The zero-order valence-corrected chi connectivity index (χ0v) is 11.8. The summed E-state index contributed by atoms with van der Waals surface area (Å²) >= 11 is 6.14. The molecule has 0 heterocycles. The van der Waals surface area contributed by atoms with Gasteiger partial charge in [-0.3, -0.25) is 4.79 Å². The Morgan fingerprint density at radius 3 is 2.70 bits per heavy atom. The molecular weight excluding hydrogens is 272 g/mol. The molecule has 0 saturated heterocycles. The van der Waals surface area contributed by atoms with Crippen LogP contribution in [-0.4, -0.2) is 13.3 Å². The summed E-state index contributed by atoms with van der Waals surface area (Å²) in [4.78, 5) is 12.7. The Bertz CT molecular complexity index is 676. The lowest BCUT2D eigenvalue weighted by molar-refractivity contribution is 0.112. The molecule has 3 nitrogen and oxygen atoms in total. The SMILES string of the molecule is CN(Cc1ccccc1Cl)c1ccc(C=O)cc1C#N. The Morgan fingerprint density at radius 1 is 1.30 bits per heavy atom. The summed E-state index contributed by atoms with van der Waals surface area (Å²) in [5.41, 5.74) is 2.73. The van der Waals surface area contributed by atoms with E-state index in [-0.39, 0.29) is 0 Å². The van der Waals surface area contributed by atoms with E-state index >= 15 is 0 Å². The normalized spacial score (nSPS) is 9.85. The van der Waals surface area contributed by atoms with E-state index in [4.69, 9.17) is 11.6 Å². The Balaban J connectivity index is 2.30. The standard InChI is InChI=1S/C16H13ClN2O/c1-19(10-13-4-2-3-5-15(13)17)16-7-6-12(11-20)8-14(16)9-18/h2-8,11H,10H2,1H3. The van der Waals surface area contributed by atoms with E-state index in [2.05, 4.69) is 6.07 Å². The van der Waals surface area contributed by atoms with Gasteiger partial charge in [-0.05, 0) is 29.8 Å². The summed E-state index contributed by atoms with van der Waals surface area (Å²) < 4.78 is 0. The third kappa shape index (κ3) is 2.98. The second-order valence-electron chi connectivity index (χ2n) is 4.45. The lowest BCUT2D eigenvalue weighted by atomic mass is 10.1. The third-order valence-electron chi connectivity index (χ3n) is 3.05. The van der Waals surface area contributed by atoms with E-state index in [9.17, 15) is 10.1 Å². The predicted molar refractivity (Wildman–Crippen MR) is 80.1 cm³/mol. The van der Waals surface area contributed by atoms with Crippen LogP contribution in [0.15, 0.2) is 42.5 Å². The van der Waals surface area contributed by atoms with Crippen LogP contribution in [0.1, 0.15) is 21.5 Å². The Labute approximate surface area is 123 Å². The summed E-state index contributed by atoms with van der Waals surface area (Å²) in [6.45, 7) is 0.592. The van der Waals surface area contributed by atoms with Crippen LogP contribution < -0.4 is 4.90 Å². The van der Waals surface area contributed by atoms with Gasteiger partial charge in [-0.25, -0.2) is 0 Å². The molecule has 20 heavy (non-hydrogen) atoms. The number of nitriles is 1. The maximum Gasteiger partial charge on any atom is 0.150 e. The molecule has 0 unspecified atom stereocenters. The highest BCUT2D eigenvalue weighted by Crippen LogP contribution is 2.24. The Kier molecular flexibility index (Phi) is 4.39. The Hall–Kier alpha value is -2.31. The minimum absolute atomic E-state index is 0.476. The first-order chi connectivity index (χ1) is 9.65. The van der Waals surface area contributed by atoms with Gasteiger partial charge in [0.25, 0.3) is 0 Å². The van der Waals surface area contributed by atoms with E-state index in [1.165, 1.54) is 0 Å². The lowest BCUT2D eigenvalue weighted by Crippen LogP contribution is -2.17. The van der Waals surface area contributed by atoms with Crippen molar-refractivity contribution in [3.05, 3.63) is 64.2 Å². The van der Waals surface area contributed by atoms with Crippen LogP contribution in [-0.2, 0) is 6.54 Å². The summed E-state index contributed by atoms with van der Waals surface area (Å²) in [6, 6.07) is 14.8. The van der Waals surface area contributed by atoms with Crippen molar-refractivity contribution in [3.8, 4) is 6.07 Å². The van der Waals surface area contributed by atoms with E-state index in [0.29, 0.717) is 22.7 Å².